The molecule has 1 atom stereocenters. The van der Waals surface area contributed by atoms with Crippen LogP contribution in [0.4, 0.5) is 5.69 Å². The highest BCUT2D eigenvalue weighted by Crippen LogP contribution is 2.27. The van der Waals surface area contributed by atoms with Crippen LogP contribution < -0.4 is 15.4 Å². The van der Waals surface area contributed by atoms with Crippen molar-refractivity contribution in [3.8, 4) is 5.75 Å². The summed E-state index contributed by atoms with van der Waals surface area (Å²) < 4.78 is 27.6. The quantitative estimate of drug-likeness (QED) is 0.762. The number of nitrogens with one attached hydrogen (secondary N) is 2. The fraction of sp³-hybridized carbons (Fsp3) is 0.429. The number of amides is 2. The Kier molecular flexibility index (Phi) is 5.48. The average molecular weight is 361 g/mol. The van der Waals surface area contributed by atoms with Crippen LogP contribution in [0.5, 0.6) is 5.75 Å². The van der Waals surface area contributed by atoms with Gasteiger partial charge in [0.1, 0.15) is 12.2 Å². The van der Waals surface area contributed by atoms with Crippen molar-refractivity contribution in [2.75, 3.05) is 23.9 Å². The van der Waals surface area contributed by atoms with Crippen LogP contribution >= 0.6 is 11.6 Å². The number of sulfone groups is 1. The molecule has 1 aliphatic heterocycles. The molecule has 2 amide bonds. The van der Waals surface area contributed by atoms with Gasteiger partial charge in [0.15, 0.2) is 9.84 Å². The number of carbonyl (C=O) groups excluding carboxylic acids is 2. The van der Waals surface area contributed by atoms with E-state index in [9.17, 15) is 18.0 Å². The molecule has 2 rings (SSSR count). The van der Waals surface area contributed by atoms with Crippen molar-refractivity contribution in [2.45, 2.75) is 18.9 Å². The summed E-state index contributed by atoms with van der Waals surface area (Å²) in [6.45, 7) is 0. The molecular formula is C14H17ClN2O5S. The zero-order valence-electron chi connectivity index (χ0n) is 12.5. The highest BCUT2D eigenvalue weighted by molar-refractivity contribution is 7.91. The minimum absolute atomic E-state index is 0.0640. The van der Waals surface area contributed by atoms with Crippen molar-refractivity contribution in [1.29, 1.82) is 0 Å². The van der Waals surface area contributed by atoms with Gasteiger partial charge in [-0.3, -0.25) is 9.59 Å². The number of ether oxygens (including phenoxy) is 1. The van der Waals surface area contributed by atoms with Crippen molar-refractivity contribution in [2.24, 2.45) is 0 Å². The Labute approximate surface area is 139 Å². The lowest BCUT2D eigenvalue weighted by atomic mass is 10.2. The van der Waals surface area contributed by atoms with Gasteiger partial charge in [0.2, 0.25) is 11.8 Å². The Bertz CT molecular complexity index is 720. The van der Waals surface area contributed by atoms with Crippen LogP contribution in [0.1, 0.15) is 12.8 Å². The summed E-state index contributed by atoms with van der Waals surface area (Å²) in [6, 6.07) is 4.29. The van der Waals surface area contributed by atoms with E-state index in [-0.39, 0.29) is 17.9 Å². The summed E-state index contributed by atoms with van der Waals surface area (Å²) in [5.74, 6) is -0.554. The van der Waals surface area contributed by atoms with E-state index in [2.05, 4.69) is 10.6 Å². The second-order valence-corrected chi connectivity index (χ2v) is 7.88. The maximum absolute atomic E-state index is 11.8. The molecule has 1 aromatic carbocycles. The first kappa shape index (κ1) is 17.6. The second-order valence-electron chi connectivity index (χ2n) is 5.24. The second kappa shape index (κ2) is 7.18. The van der Waals surface area contributed by atoms with Gasteiger partial charge in [-0.1, -0.05) is 11.6 Å². The lowest BCUT2D eigenvalue weighted by molar-refractivity contribution is -0.127. The standard InChI is InChI=1S/C14H17ClN2O5S/c1-22-12-3-2-9(6-11(12)15)16-13(18)7-14(19)17-10-4-5-23(20,21)8-10/h2-3,6,10H,4-5,7-8H2,1H3,(H,16,18)(H,17,19). The normalized spacial score (nSPS) is 19.1. The molecule has 1 aromatic rings. The topological polar surface area (TPSA) is 102 Å². The number of carbonyl (C=O) groups is 2. The first-order valence-corrected chi connectivity index (χ1v) is 9.12. The van der Waals surface area contributed by atoms with Gasteiger partial charge >= 0.3 is 0 Å². The fourth-order valence-corrected chi connectivity index (χ4v) is 4.21. The van der Waals surface area contributed by atoms with Crippen molar-refractivity contribution in [3.05, 3.63) is 23.2 Å². The predicted molar refractivity (Wildman–Crippen MR) is 86.5 cm³/mol. The monoisotopic (exact) mass is 360 g/mol. The lowest BCUT2D eigenvalue weighted by Gasteiger charge is -2.11. The summed E-state index contributed by atoms with van der Waals surface area (Å²) in [7, 11) is -1.59. The van der Waals surface area contributed by atoms with E-state index in [0.29, 0.717) is 22.9 Å². The van der Waals surface area contributed by atoms with Crippen LogP contribution in [0.2, 0.25) is 5.02 Å². The van der Waals surface area contributed by atoms with E-state index in [1.807, 2.05) is 0 Å². The Hall–Kier alpha value is -1.80. The maximum atomic E-state index is 11.8. The van der Waals surface area contributed by atoms with Crippen LogP contribution in [0.3, 0.4) is 0 Å². The molecule has 1 saturated heterocycles. The molecule has 1 aliphatic rings. The van der Waals surface area contributed by atoms with Crippen LogP contribution in [-0.2, 0) is 19.4 Å². The molecule has 0 radical (unpaired) electrons. The zero-order valence-corrected chi connectivity index (χ0v) is 14.0. The SMILES string of the molecule is COc1ccc(NC(=O)CC(=O)NC2CCS(=O)(=O)C2)cc1Cl. The highest BCUT2D eigenvalue weighted by Gasteiger charge is 2.29. The third-order valence-corrected chi connectivity index (χ3v) is 5.42. The number of hydrogen-bond donors (Lipinski definition) is 2. The summed E-state index contributed by atoms with van der Waals surface area (Å²) >= 11 is 5.95. The van der Waals surface area contributed by atoms with E-state index in [0.717, 1.165) is 0 Å². The minimum Gasteiger partial charge on any atom is -0.495 e. The summed E-state index contributed by atoms with van der Waals surface area (Å²) in [6.07, 6.45) is -0.00994. The van der Waals surface area contributed by atoms with Gasteiger partial charge in [0.05, 0.1) is 23.6 Å². The summed E-state index contributed by atoms with van der Waals surface area (Å²) in [5.41, 5.74) is 0.442. The number of benzene rings is 1. The van der Waals surface area contributed by atoms with E-state index >= 15 is 0 Å². The Morgan fingerprint density at radius 3 is 2.65 bits per heavy atom. The molecule has 7 nitrogen and oxygen atoms in total. The van der Waals surface area contributed by atoms with Crippen molar-refractivity contribution in [3.63, 3.8) is 0 Å². The van der Waals surface area contributed by atoms with E-state index in [1.54, 1.807) is 12.1 Å². The molecule has 126 valence electrons. The van der Waals surface area contributed by atoms with Gasteiger partial charge < -0.3 is 15.4 Å². The molecule has 9 heteroatoms. The Morgan fingerprint density at radius 1 is 1.35 bits per heavy atom. The number of hydrogen-bond acceptors (Lipinski definition) is 5. The van der Waals surface area contributed by atoms with Gasteiger partial charge in [-0.25, -0.2) is 8.42 Å². The van der Waals surface area contributed by atoms with Gasteiger partial charge in [-0.05, 0) is 24.6 Å². The van der Waals surface area contributed by atoms with Crippen LogP contribution in [0.15, 0.2) is 18.2 Å². The number of methoxy groups -OCH3 is 1. The van der Waals surface area contributed by atoms with E-state index < -0.39 is 27.7 Å². The summed E-state index contributed by atoms with van der Waals surface area (Å²) in [5, 5.41) is 5.44. The van der Waals surface area contributed by atoms with Gasteiger partial charge in [0.25, 0.3) is 0 Å². The first-order valence-electron chi connectivity index (χ1n) is 6.92. The van der Waals surface area contributed by atoms with E-state index in [1.165, 1.54) is 13.2 Å². The zero-order chi connectivity index (χ0) is 17.0. The van der Waals surface area contributed by atoms with Gasteiger partial charge in [0, 0.05) is 11.7 Å². The van der Waals surface area contributed by atoms with Crippen molar-refractivity contribution < 1.29 is 22.7 Å². The van der Waals surface area contributed by atoms with Crippen LogP contribution in [0, 0.1) is 0 Å². The fourth-order valence-electron chi connectivity index (χ4n) is 2.28. The van der Waals surface area contributed by atoms with Crippen LogP contribution in [-0.4, -0.2) is 44.9 Å². The van der Waals surface area contributed by atoms with Gasteiger partial charge in [-0.2, -0.15) is 0 Å². The molecule has 0 aromatic heterocycles. The average Bonchev–Trinajstić information content (AvgIpc) is 2.77. The predicted octanol–water partition coefficient (Wildman–Crippen LogP) is 0.981. The number of halogens is 1. The maximum Gasteiger partial charge on any atom is 0.233 e. The molecule has 23 heavy (non-hydrogen) atoms. The first-order chi connectivity index (χ1) is 10.8. The van der Waals surface area contributed by atoms with Crippen molar-refractivity contribution in [1.82, 2.24) is 5.32 Å². The molecule has 1 unspecified atom stereocenters. The number of anilines is 1. The molecule has 1 heterocycles. The lowest BCUT2D eigenvalue weighted by Crippen LogP contribution is -2.37. The molecule has 0 bridgehead atoms. The Balaban J connectivity index is 1.84. The van der Waals surface area contributed by atoms with Crippen molar-refractivity contribution >= 4 is 38.9 Å². The molecule has 0 saturated carbocycles. The molecule has 2 N–H and O–H groups in total. The Morgan fingerprint density at radius 2 is 2.09 bits per heavy atom. The number of rotatable bonds is 5. The molecule has 1 fully saturated rings. The molecule has 0 spiro atoms. The van der Waals surface area contributed by atoms with Crippen LogP contribution in [0.25, 0.3) is 0 Å². The van der Waals surface area contributed by atoms with Gasteiger partial charge in [-0.15, -0.1) is 0 Å². The summed E-state index contributed by atoms with van der Waals surface area (Å²) in [4.78, 5) is 23.6. The molecular weight excluding hydrogens is 344 g/mol. The van der Waals surface area contributed by atoms with E-state index in [4.69, 9.17) is 16.3 Å². The molecule has 0 aliphatic carbocycles. The smallest absolute Gasteiger partial charge is 0.233 e. The minimum atomic E-state index is -3.07. The largest absolute Gasteiger partial charge is 0.495 e. The third-order valence-electron chi connectivity index (χ3n) is 3.35. The third kappa shape index (κ3) is 5.11. The highest BCUT2D eigenvalue weighted by atomic mass is 35.5.